The van der Waals surface area contributed by atoms with Gasteiger partial charge in [0.05, 0.1) is 37.2 Å². The molecule has 1 aromatic carbocycles. The fraction of sp³-hybridized carbons (Fsp3) is 0.333. The van der Waals surface area contributed by atoms with Gasteiger partial charge in [-0.1, -0.05) is 24.3 Å². The molecule has 1 fully saturated rings. The second kappa shape index (κ2) is 9.55. The number of ether oxygens (including phenoxy) is 1. The Morgan fingerprint density at radius 3 is 2.84 bits per heavy atom. The Kier molecular flexibility index (Phi) is 6.40. The normalized spacial score (nSPS) is 15.7. The number of benzene rings is 1. The van der Waals surface area contributed by atoms with Crippen LogP contribution < -0.4 is 10.1 Å². The number of carbonyl (C=O) groups is 1. The molecule has 7 heteroatoms. The molecule has 160 valence electrons. The Balaban J connectivity index is 1.40. The van der Waals surface area contributed by atoms with E-state index in [1.807, 2.05) is 55.1 Å². The summed E-state index contributed by atoms with van der Waals surface area (Å²) < 4.78 is 5.81. The number of hydrogen-bond donors (Lipinski definition) is 1. The number of hydrogen-bond acceptors (Lipinski definition) is 6. The molecule has 1 aliphatic heterocycles. The van der Waals surface area contributed by atoms with Crippen molar-refractivity contribution in [3.05, 3.63) is 71.8 Å². The van der Waals surface area contributed by atoms with Gasteiger partial charge in [0, 0.05) is 12.7 Å². The van der Waals surface area contributed by atoms with Crippen molar-refractivity contribution in [2.45, 2.75) is 39.2 Å². The van der Waals surface area contributed by atoms with E-state index in [0.717, 1.165) is 47.8 Å². The molecule has 7 nitrogen and oxygen atoms in total. The number of aromatic nitrogens is 3. The monoisotopic (exact) mass is 417 g/mol. The average molecular weight is 418 g/mol. The Labute approximate surface area is 182 Å². The maximum absolute atomic E-state index is 12.9. The van der Waals surface area contributed by atoms with Gasteiger partial charge in [-0.25, -0.2) is 9.97 Å². The van der Waals surface area contributed by atoms with Crippen molar-refractivity contribution < 1.29 is 9.53 Å². The highest BCUT2D eigenvalue weighted by atomic mass is 16.5. The molecule has 2 aromatic heterocycles. The van der Waals surface area contributed by atoms with Crippen LogP contribution in [-0.4, -0.2) is 38.9 Å². The van der Waals surface area contributed by atoms with Gasteiger partial charge in [-0.2, -0.15) is 0 Å². The minimum atomic E-state index is -0.0648. The molecule has 1 N–H and O–H groups in total. The first-order chi connectivity index (χ1) is 15.1. The van der Waals surface area contributed by atoms with Crippen LogP contribution in [0.25, 0.3) is 0 Å². The van der Waals surface area contributed by atoms with Gasteiger partial charge in [0.25, 0.3) is 0 Å². The maximum atomic E-state index is 12.9. The smallest absolute Gasteiger partial charge is 0.226 e. The van der Waals surface area contributed by atoms with Crippen LogP contribution in [-0.2, 0) is 4.79 Å². The molecule has 1 amide bonds. The predicted molar refractivity (Wildman–Crippen MR) is 119 cm³/mol. The third kappa shape index (κ3) is 4.99. The summed E-state index contributed by atoms with van der Waals surface area (Å²) in [6, 6.07) is 11.7. The van der Waals surface area contributed by atoms with Crippen LogP contribution in [0.3, 0.4) is 0 Å². The van der Waals surface area contributed by atoms with E-state index in [4.69, 9.17) is 9.72 Å². The molecule has 0 spiro atoms. The van der Waals surface area contributed by atoms with E-state index in [0.29, 0.717) is 18.8 Å². The molecule has 3 heterocycles. The Morgan fingerprint density at radius 1 is 1.16 bits per heavy atom. The number of pyridine rings is 1. The molecule has 0 aliphatic carbocycles. The number of anilines is 2. The van der Waals surface area contributed by atoms with Crippen molar-refractivity contribution in [2.24, 2.45) is 0 Å². The molecule has 1 atom stereocenters. The van der Waals surface area contributed by atoms with Crippen LogP contribution in [0.4, 0.5) is 11.6 Å². The average Bonchev–Trinajstić information content (AvgIpc) is 3.27. The Morgan fingerprint density at radius 2 is 2.00 bits per heavy atom. The van der Waals surface area contributed by atoms with E-state index < -0.39 is 0 Å². The van der Waals surface area contributed by atoms with E-state index >= 15 is 0 Å². The number of amides is 1. The molecule has 0 bridgehead atoms. The highest BCUT2D eigenvalue weighted by Gasteiger charge is 2.31. The van der Waals surface area contributed by atoms with Crippen molar-refractivity contribution >= 4 is 17.5 Å². The van der Waals surface area contributed by atoms with Crippen molar-refractivity contribution in [2.75, 3.05) is 18.5 Å². The van der Waals surface area contributed by atoms with E-state index in [2.05, 4.69) is 15.3 Å². The molecular formula is C24H27N5O2. The van der Waals surface area contributed by atoms with Gasteiger partial charge in [-0.15, -0.1) is 0 Å². The van der Waals surface area contributed by atoms with Gasteiger partial charge in [0.1, 0.15) is 17.4 Å². The lowest BCUT2D eigenvalue weighted by molar-refractivity contribution is -0.132. The van der Waals surface area contributed by atoms with Crippen LogP contribution >= 0.6 is 0 Å². The van der Waals surface area contributed by atoms with Gasteiger partial charge in [0.2, 0.25) is 5.91 Å². The molecule has 1 saturated heterocycles. The number of nitrogens with zero attached hydrogens (tertiary/aromatic N) is 4. The minimum absolute atomic E-state index is 0.0648. The van der Waals surface area contributed by atoms with Crippen molar-refractivity contribution in [3.8, 4) is 5.75 Å². The Bertz CT molecular complexity index is 1060. The van der Waals surface area contributed by atoms with Crippen LogP contribution in [0, 0.1) is 13.8 Å². The zero-order chi connectivity index (χ0) is 21.6. The van der Waals surface area contributed by atoms with Gasteiger partial charge in [-0.3, -0.25) is 9.78 Å². The van der Waals surface area contributed by atoms with Gasteiger partial charge >= 0.3 is 0 Å². The SMILES string of the molecule is Cc1ccccc1OCCC(=O)N1CCC[C@H]1c1cncc(Nc2ncccc2C)n1. The summed E-state index contributed by atoms with van der Waals surface area (Å²) in [4.78, 5) is 28.2. The zero-order valence-corrected chi connectivity index (χ0v) is 17.9. The first kappa shape index (κ1) is 20.8. The molecule has 4 rings (SSSR count). The van der Waals surface area contributed by atoms with Crippen LogP contribution in [0.15, 0.2) is 55.0 Å². The fourth-order valence-corrected chi connectivity index (χ4v) is 3.82. The molecule has 1 aliphatic rings. The zero-order valence-electron chi connectivity index (χ0n) is 17.9. The standard InChI is InChI=1S/C24H27N5O2/c1-17-7-3-4-10-21(17)31-14-11-23(30)29-13-6-9-20(29)19-15-25-16-22(27-19)28-24-18(2)8-5-12-26-24/h3-5,7-8,10,12,15-16,20H,6,9,11,13-14H2,1-2H3,(H,26,27,28)/t20-/m0/s1. The van der Waals surface area contributed by atoms with Gasteiger partial charge in [0.15, 0.2) is 0 Å². The highest BCUT2D eigenvalue weighted by molar-refractivity contribution is 5.77. The fourth-order valence-electron chi connectivity index (χ4n) is 3.82. The summed E-state index contributed by atoms with van der Waals surface area (Å²) in [5, 5.41) is 3.23. The van der Waals surface area contributed by atoms with E-state index in [1.54, 1.807) is 18.6 Å². The number of carbonyl (C=O) groups excluding carboxylic acids is 1. The summed E-state index contributed by atoms with van der Waals surface area (Å²) in [6.45, 7) is 5.08. The summed E-state index contributed by atoms with van der Waals surface area (Å²) in [7, 11) is 0. The lowest BCUT2D eigenvalue weighted by Gasteiger charge is -2.24. The van der Waals surface area contributed by atoms with Crippen molar-refractivity contribution in [1.29, 1.82) is 0 Å². The molecule has 3 aromatic rings. The van der Waals surface area contributed by atoms with Crippen molar-refractivity contribution in [1.82, 2.24) is 19.9 Å². The number of rotatable bonds is 7. The molecule has 0 unspecified atom stereocenters. The lowest BCUT2D eigenvalue weighted by Crippen LogP contribution is -2.32. The topological polar surface area (TPSA) is 80.2 Å². The summed E-state index contributed by atoms with van der Waals surface area (Å²) in [5.74, 6) is 2.28. The second-order valence-corrected chi connectivity index (χ2v) is 7.73. The van der Waals surface area contributed by atoms with Crippen LogP contribution in [0.1, 0.15) is 42.1 Å². The third-order valence-electron chi connectivity index (χ3n) is 5.49. The lowest BCUT2D eigenvalue weighted by atomic mass is 10.1. The highest BCUT2D eigenvalue weighted by Crippen LogP contribution is 2.32. The van der Waals surface area contributed by atoms with E-state index in [9.17, 15) is 4.79 Å². The summed E-state index contributed by atoms with van der Waals surface area (Å²) >= 11 is 0. The molecule has 31 heavy (non-hydrogen) atoms. The van der Waals surface area contributed by atoms with Gasteiger partial charge in [-0.05, 0) is 49.9 Å². The third-order valence-corrected chi connectivity index (χ3v) is 5.49. The van der Waals surface area contributed by atoms with Crippen LogP contribution in [0.5, 0.6) is 5.75 Å². The van der Waals surface area contributed by atoms with Crippen LogP contribution in [0.2, 0.25) is 0 Å². The maximum Gasteiger partial charge on any atom is 0.226 e. The molecule has 0 radical (unpaired) electrons. The number of para-hydroxylation sites is 1. The quantitative estimate of drug-likeness (QED) is 0.615. The summed E-state index contributed by atoms with van der Waals surface area (Å²) in [6.07, 6.45) is 7.33. The number of likely N-dealkylation sites (tertiary alicyclic amines) is 1. The van der Waals surface area contributed by atoms with E-state index in [-0.39, 0.29) is 11.9 Å². The first-order valence-corrected chi connectivity index (χ1v) is 10.6. The predicted octanol–water partition coefficient (Wildman–Crippen LogP) is 4.36. The first-order valence-electron chi connectivity index (χ1n) is 10.6. The van der Waals surface area contributed by atoms with E-state index in [1.165, 1.54) is 0 Å². The number of aryl methyl sites for hydroxylation is 2. The van der Waals surface area contributed by atoms with Gasteiger partial charge < -0.3 is 15.0 Å². The summed E-state index contributed by atoms with van der Waals surface area (Å²) in [5.41, 5.74) is 2.89. The Hall–Kier alpha value is -3.48. The van der Waals surface area contributed by atoms with Crippen molar-refractivity contribution in [3.63, 3.8) is 0 Å². The molecular weight excluding hydrogens is 390 g/mol. The minimum Gasteiger partial charge on any atom is -0.493 e. The largest absolute Gasteiger partial charge is 0.493 e. The molecule has 0 saturated carbocycles. The number of nitrogens with one attached hydrogen (secondary N) is 1. The second-order valence-electron chi connectivity index (χ2n) is 7.73.